The minimum atomic E-state index is 0.0555. The average Bonchev–Trinajstić information content (AvgIpc) is 2.82. The third-order valence-electron chi connectivity index (χ3n) is 2.47. The molecule has 0 saturated heterocycles. The van der Waals surface area contributed by atoms with Crippen molar-refractivity contribution in [3.63, 3.8) is 0 Å². The Labute approximate surface area is 89.5 Å². The zero-order valence-electron chi connectivity index (χ0n) is 8.92. The summed E-state index contributed by atoms with van der Waals surface area (Å²) in [5.74, 6) is 2.44. The quantitative estimate of drug-likeness (QED) is 0.708. The third-order valence-corrected chi connectivity index (χ3v) is 2.71. The molecule has 0 atom stereocenters. The first-order valence-electron chi connectivity index (χ1n) is 5.04. The van der Waals surface area contributed by atoms with Crippen molar-refractivity contribution >= 4 is 11.6 Å². The van der Waals surface area contributed by atoms with Crippen LogP contribution < -0.4 is 0 Å². The Bertz CT molecular complexity index is 334. The van der Waals surface area contributed by atoms with E-state index in [9.17, 15) is 0 Å². The lowest BCUT2D eigenvalue weighted by molar-refractivity contribution is 0.496. The average molecular weight is 214 g/mol. The fourth-order valence-corrected chi connectivity index (χ4v) is 1.82. The standard InChI is InChI=1S/C10H16ClN3/c1-10(2,3)9-13-12-8(6-11)14(9)7-4-5-7/h7H,4-6H2,1-3H3. The van der Waals surface area contributed by atoms with E-state index in [1.165, 1.54) is 12.8 Å². The maximum atomic E-state index is 5.84. The molecule has 4 heteroatoms. The molecule has 0 amide bonds. The van der Waals surface area contributed by atoms with E-state index in [1.807, 2.05) is 0 Å². The molecule has 0 bridgehead atoms. The van der Waals surface area contributed by atoms with Crippen molar-refractivity contribution in [2.45, 2.75) is 50.9 Å². The Morgan fingerprint density at radius 2 is 2.00 bits per heavy atom. The zero-order valence-corrected chi connectivity index (χ0v) is 9.67. The van der Waals surface area contributed by atoms with Crippen LogP contribution in [0.5, 0.6) is 0 Å². The summed E-state index contributed by atoms with van der Waals surface area (Å²) in [6, 6.07) is 0.605. The molecule has 1 heterocycles. The van der Waals surface area contributed by atoms with Gasteiger partial charge in [0, 0.05) is 11.5 Å². The summed E-state index contributed by atoms with van der Waals surface area (Å²) in [6.45, 7) is 6.48. The van der Waals surface area contributed by atoms with Gasteiger partial charge in [0.1, 0.15) is 11.6 Å². The highest BCUT2D eigenvalue weighted by Crippen LogP contribution is 2.39. The molecule has 1 aromatic rings. The second-order valence-corrected chi connectivity index (χ2v) is 5.19. The highest BCUT2D eigenvalue weighted by atomic mass is 35.5. The van der Waals surface area contributed by atoms with Crippen molar-refractivity contribution in [2.24, 2.45) is 0 Å². The Balaban J connectivity index is 2.44. The number of hydrogen-bond acceptors (Lipinski definition) is 2. The zero-order chi connectivity index (χ0) is 10.3. The van der Waals surface area contributed by atoms with Gasteiger partial charge in [0.15, 0.2) is 0 Å². The van der Waals surface area contributed by atoms with Crippen LogP contribution in [0.2, 0.25) is 0 Å². The van der Waals surface area contributed by atoms with E-state index in [0.717, 1.165) is 11.6 Å². The summed E-state index contributed by atoms with van der Waals surface area (Å²) in [4.78, 5) is 0. The van der Waals surface area contributed by atoms with E-state index in [4.69, 9.17) is 11.6 Å². The van der Waals surface area contributed by atoms with Gasteiger partial charge in [0.25, 0.3) is 0 Å². The predicted octanol–water partition coefficient (Wildman–Crippen LogP) is 2.65. The van der Waals surface area contributed by atoms with Crippen LogP contribution in [0.4, 0.5) is 0 Å². The molecule has 2 rings (SSSR count). The lowest BCUT2D eigenvalue weighted by Gasteiger charge is -2.19. The number of aromatic nitrogens is 3. The number of rotatable bonds is 2. The Hall–Kier alpha value is -0.570. The van der Waals surface area contributed by atoms with E-state index < -0.39 is 0 Å². The molecule has 1 aliphatic rings. The largest absolute Gasteiger partial charge is 0.310 e. The lowest BCUT2D eigenvalue weighted by Crippen LogP contribution is -2.19. The van der Waals surface area contributed by atoms with Crippen LogP contribution in [0.1, 0.15) is 51.3 Å². The second kappa shape index (κ2) is 3.23. The van der Waals surface area contributed by atoms with Gasteiger partial charge < -0.3 is 4.57 Å². The highest BCUT2D eigenvalue weighted by molar-refractivity contribution is 6.16. The predicted molar refractivity (Wildman–Crippen MR) is 56.6 cm³/mol. The van der Waals surface area contributed by atoms with Crippen molar-refractivity contribution in [1.29, 1.82) is 0 Å². The van der Waals surface area contributed by atoms with Crippen LogP contribution in [-0.4, -0.2) is 14.8 Å². The maximum Gasteiger partial charge on any atom is 0.148 e. The first kappa shape index (κ1) is 9.97. The second-order valence-electron chi connectivity index (χ2n) is 4.92. The number of hydrogen-bond donors (Lipinski definition) is 0. The van der Waals surface area contributed by atoms with Crippen LogP contribution in [-0.2, 0) is 11.3 Å². The number of nitrogens with zero attached hydrogens (tertiary/aromatic N) is 3. The third kappa shape index (κ3) is 1.65. The summed E-state index contributed by atoms with van der Waals surface area (Å²) in [6.07, 6.45) is 2.48. The molecule has 1 fully saturated rings. The SMILES string of the molecule is CC(C)(C)c1nnc(CCl)n1C1CC1. The molecule has 0 aliphatic heterocycles. The first-order chi connectivity index (χ1) is 6.54. The molecule has 0 unspecified atom stereocenters. The van der Waals surface area contributed by atoms with Crippen molar-refractivity contribution < 1.29 is 0 Å². The fourth-order valence-electron chi connectivity index (χ4n) is 1.64. The van der Waals surface area contributed by atoms with Crippen molar-refractivity contribution in [2.75, 3.05) is 0 Å². The highest BCUT2D eigenvalue weighted by Gasteiger charge is 2.33. The Morgan fingerprint density at radius 1 is 1.36 bits per heavy atom. The summed E-state index contributed by atoms with van der Waals surface area (Å²) in [5, 5.41) is 8.39. The monoisotopic (exact) mass is 213 g/mol. The Morgan fingerprint density at radius 3 is 2.43 bits per heavy atom. The molecule has 1 saturated carbocycles. The van der Waals surface area contributed by atoms with Gasteiger partial charge in [0.2, 0.25) is 0 Å². The van der Waals surface area contributed by atoms with E-state index in [-0.39, 0.29) is 5.41 Å². The molecular weight excluding hydrogens is 198 g/mol. The minimum absolute atomic E-state index is 0.0555. The van der Waals surface area contributed by atoms with Gasteiger partial charge in [-0.05, 0) is 12.8 Å². The number of halogens is 1. The van der Waals surface area contributed by atoms with E-state index in [0.29, 0.717) is 11.9 Å². The molecule has 0 N–H and O–H groups in total. The van der Waals surface area contributed by atoms with Crippen molar-refractivity contribution in [1.82, 2.24) is 14.8 Å². The van der Waals surface area contributed by atoms with Crippen LogP contribution in [0.15, 0.2) is 0 Å². The molecule has 0 spiro atoms. The molecule has 1 aromatic heterocycles. The molecule has 0 aromatic carbocycles. The smallest absolute Gasteiger partial charge is 0.148 e. The van der Waals surface area contributed by atoms with E-state index in [1.54, 1.807) is 0 Å². The van der Waals surface area contributed by atoms with Crippen molar-refractivity contribution in [3.8, 4) is 0 Å². The fraction of sp³-hybridized carbons (Fsp3) is 0.800. The topological polar surface area (TPSA) is 30.7 Å². The molecule has 3 nitrogen and oxygen atoms in total. The lowest BCUT2D eigenvalue weighted by atomic mass is 9.95. The molecular formula is C10H16ClN3. The van der Waals surface area contributed by atoms with Crippen LogP contribution in [0, 0.1) is 0 Å². The summed E-state index contributed by atoms with van der Waals surface area (Å²) in [5.41, 5.74) is 0.0555. The van der Waals surface area contributed by atoms with Crippen molar-refractivity contribution in [3.05, 3.63) is 11.6 Å². The molecule has 0 radical (unpaired) electrons. The summed E-state index contributed by atoms with van der Waals surface area (Å²) in [7, 11) is 0. The van der Waals surface area contributed by atoms with Crippen LogP contribution >= 0.6 is 11.6 Å². The molecule has 1 aliphatic carbocycles. The van der Waals surface area contributed by atoms with Gasteiger partial charge in [-0.1, -0.05) is 20.8 Å². The minimum Gasteiger partial charge on any atom is -0.310 e. The Kier molecular flexibility index (Phi) is 2.30. The normalized spacial score (nSPS) is 17.4. The summed E-state index contributed by atoms with van der Waals surface area (Å²) < 4.78 is 2.23. The van der Waals surface area contributed by atoms with Gasteiger partial charge in [-0.15, -0.1) is 21.8 Å². The maximum absolute atomic E-state index is 5.84. The van der Waals surface area contributed by atoms with Gasteiger partial charge in [-0.2, -0.15) is 0 Å². The van der Waals surface area contributed by atoms with Gasteiger partial charge in [-0.3, -0.25) is 0 Å². The van der Waals surface area contributed by atoms with E-state index in [2.05, 4.69) is 35.5 Å². The number of alkyl halides is 1. The molecule has 78 valence electrons. The van der Waals surface area contributed by atoms with Crippen LogP contribution in [0.25, 0.3) is 0 Å². The van der Waals surface area contributed by atoms with Crippen LogP contribution in [0.3, 0.4) is 0 Å². The first-order valence-corrected chi connectivity index (χ1v) is 5.57. The summed E-state index contributed by atoms with van der Waals surface area (Å²) >= 11 is 5.84. The van der Waals surface area contributed by atoms with E-state index >= 15 is 0 Å². The van der Waals surface area contributed by atoms with Gasteiger partial charge in [0.05, 0.1) is 5.88 Å². The van der Waals surface area contributed by atoms with Gasteiger partial charge >= 0.3 is 0 Å². The van der Waals surface area contributed by atoms with Gasteiger partial charge in [-0.25, -0.2) is 0 Å². The molecule has 14 heavy (non-hydrogen) atoms.